The normalized spacial score (nSPS) is 11.4. The van der Waals surface area contributed by atoms with Gasteiger partial charge in [0.2, 0.25) is 0 Å². The molecule has 11 heteroatoms. The number of sulfone groups is 1. The molecule has 0 aliphatic carbocycles. The van der Waals surface area contributed by atoms with E-state index in [0.717, 1.165) is 11.8 Å². The van der Waals surface area contributed by atoms with Crippen LogP contribution in [0, 0.1) is 10.1 Å². The molecule has 3 aromatic rings. The zero-order chi connectivity index (χ0) is 22.4. The van der Waals surface area contributed by atoms with Gasteiger partial charge < -0.3 is 14.7 Å². The molecule has 3 rings (SSSR count). The second-order valence-electron chi connectivity index (χ2n) is 6.71. The highest BCUT2D eigenvalue weighted by Gasteiger charge is 2.14. The molecule has 0 fully saturated rings. The van der Waals surface area contributed by atoms with Crippen LogP contribution < -0.4 is 0 Å². The number of hydrogen-bond acceptors (Lipinski definition) is 8. The van der Waals surface area contributed by atoms with Gasteiger partial charge in [-0.25, -0.2) is 13.1 Å². The third-order valence-corrected chi connectivity index (χ3v) is 5.44. The molecule has 2 aromatic carbocycles. The lowest BCUT2D eigenvalue weighted by Crippen LogP contribution is -2.06. The molecule has 1 aromatic heterocycles. The van der Waals surface area contributed by atoms with E-state index in [1.165, 1.54) is 12.1 Å². The van der Waals surface area contributed by atoms with Crippen molar-refractivity contribution in [2.24, 2.45) is 0 Å². The molecule has 0 atom stereocenters. The van der Waals surface area contributed by atoms with Crippen molar-refractivity contribution < 1.29 is 28.2 Å². The second-order valence-corrected chi connectivity index (χ2v) is 8.72. The van der Waals surface area contributed by atoms with E-state index in [9.17, 15) is 23.6 Å². The molecule has 0 saturated carbocycles. The van der Waals surface area contributed by atoms with Gasteiger partial charge in [-0.05, 0) is 48.9 Å². The topological polar surface area (TPSA) is 134 Å². The molecule has 0 aliphatic rings. The van der Waals surface area contributed by atoms with Crippen molar-refractivity contribution in [3.05, 3.63) is 70.4 Å². The van der Waals surface area contributed by atoms with Gasteiger partial charge in [-0.15, -0.1) is 10.1 Å². The average Bonchev–Trinajstić information content (AvgIpc) is 3.14. The first-order chi connectivity index (χ1) is 14.7. The van der Waals surface area contributed by atoms with Crippen molar-refractivity contribution >= 4 is 9.84 Å². The first-order valence-corrected chi connectivity index (χ1v) is 11.2. The molecule has 0 radical (unpaired) electrons. The highest BCUT2D eigenvalue weighted by Crippen LogP contribution is 2.26. The van der Waals surface area contributed by atoms with Crippen molar-refractivity contribution in [2.75, 3.05) is 19.5 Å². The van der Waals surface area contributed by atoms with Gasteiger partial charge in [0.1, 0.15) is 5.75 Å². The van der Waals surface area contributed by atoms with Crippen LogP contribution in [-0.4, -0.2) is 47.9 Å². The molecule has 0 unspecified atom stereocenters. The monoisotopic (exact) mass is 447 g/mol. The summed E-state index contributed by atoms with van der Waals surface area (Å²) in [4.78, 5) is 14.6. The Kier molecular flexibility index (Phi) is 6.88. The summed E-state index contributed by atoms with van der Waals surface area (Å²) in [6, 6.07) is 14.8. The number of phenolic OH excluding ortho intramolecular Hbond substituents is 1. The minimum Gasteiger partial charge on any atom is -0.508 e. The van der Waals surface area contributed by atoms with Crippen molar-refractivity contribution in [3.63, 3.8) is 0 Å². The number of rotatable bonds is 10. The minimum absolute atomic E-state index is 0.0487. The standard InChI is InChI=1S/C20H21N3O7S/c1-31(27,28)19-9-3-15(4-10-19)20-13-16(14-29-11-2-12-30-23(25)26)21-22(20)17-5-7-18(24)8-6-17/h3-10,13,24H,2,11-12,14H2,1H3. The number of nitrogens with zero attached hydrogens (tertiary/aromatic N) is 3. The Labute approximate surface area is 178 Å². The Hall–Kier alpha value is -3.44. The van der Waals surface area contributed by atoms with Crippen LogP contribution in [-0.2, 0) is 26.0 Å². The smallest absolute Gasteiger partial charge is 0.294 e. The molecule has 0 saturated heterocycles. The highest BCUT2D eigenvalue weighted by molar-refractivity contribution is 7.90. The van der Waals surface area contributed by atoms with Gasteiger partial charge in [0.25, 0.3) is 5.09 Å². The predicted molar refractivity (Wildman–Crippen MR) is 111 cm³/mol. The number of ether oxygens (including phenoxy) is 1. The summed E-state index contributed by atoms with van der Waals surface area (Å²) in [6.45, 7) is 0.392. The molecular weight excluding hydrogens is 426 g/mol. The Morgan fingerprint density at radius 1 is 1.10 bits per heavy atom. The summed E-state index contributed by atoms with van der Waals surface area (Å²) >= 11 is 0. The zero-order valence-corrected chi connectivity index (χ0v) is 17.5. The summed E-state index contributed by atoms with van der Waals surface area (Å²) in [5, 5.41) is 23.4. The molecular formula is C20H21N3O7S. The van der Waals surface area contributed by atoms with Crippen LogP contribution in [0.5, 0.6) is 5.75 Å². The SMILES string of the molecule is CS(=O)(=O)c1ccc(-c2cc(COCCCO[N+](=O)[O-])nn2-c2ccc(O)cc2)cc1. The third kappa shape index (κ3) is 6.03. The zero-order valence-electron chi connectivity index (χ0n) is 16.7. The lowest BCUT2D eigenvalue weighted by molar-refractivity contribution is -0.757. The van der Waals surface area contributed by atoms with Crippen LogP contribution >= 0.6 is 0 Å². The van der Waals surface area contributed by atoms with E-state index < -0.39 is 14.9 Å². The fourth-order valence-electron chi connectivity index (χ4n) is 2.85. The number of phenols is 1. The van der Waals surface area contributed by atoms with Gasteiger partial charge in [-0.1, -0.05) is 12.1 Å². The Balaban J connectivity index is 1.83. The van der Waals surface area contributed by atoms with E-state index in [-0.39, 0.29) is 30.5 Å². The van der Waals surface area contributed by atoms with E-state index in [4.69, 9.17) is 4.74 Å². The van der Waals surface area contributed by atoms with Crippen LogP contribution in [0.1, 0.15) is 12.1 Å². The molecule has 0 bridgehead atoms. The van der Waals surface area contributed by atoms with Gasteiger partial charge in [-0.2, -0.15) is 5.10 Å². The average molecular weight is 447 g/mol. The summed E-state index contributed by atoms with van der Waals surface area (Å²) in [6.07, 6.45) is 1.51. The fourth-order valence-corrected chi connectivity index (χ4v) is 3.48. The highest BCUT2D eigenvalue weighted by atomic mass is 32.2. The molecule has 0 spiro atoms. The van der Waals surface area contributed by atoms with Gasteiger partial charge in [0.05, 0.1) is 35.2 Å². The van der Waals surface area contributed by atoms with Crippen molar-refractivity contribution in [3.8, 4) is 22.7 Å². The van der Waals surface area contributed by atoms with E-state index in [1.807, 2.05) is 6.07 Å². The number of benzene rings is 2. The Bertz CT molecular complexity index is 1140. The quantitative estimate of drug-likeness (QED) is 0.285. The molecule has 164 valence electrons. The third-order valence-electron chi connectivity index (χ3n) is 4.31. The maximum Gasteiger partial charge on any atom is 0.294 e. The van der Waals surface area contributed by atoms with Crippen molar-refractivity contribution in [1.29, 1.82) is 0 Å². The summed E-state index contributed by atoms with van der Waals surface area (Å²) in [5.74, 6) is 0.121. The van der Waals surface area contributed by atoms with Gasteiger partial charge in [0, 0.05) is 18.4 Å². The second kappa shape index (κ2) is 9.58. The van der Waals surface area contributed by atoms with Gasteiger partial charge in [-0.3, -0.25) is 0 Å². The van der Waals surface area contributed by atoms with Crippen molar-refractivity contribution in [2.45, 2.75) is 17.9 Å². The van der Waals surface area contributed by atoms with Crippen LogP contribution in [0.15, 0.2) is 59.5 Å². The van der Waals surface area contributed by atoms with E-state index in [2.05, 4.69) is 9.94 Å². The lowest BCUT2D eigenvalue weighted by Gasteiger charge is -2.08. The van der Waals surface area contributed by atoms with Gasteiger partial charge >= 0.3 is 0 Å². The molecule has 10 nitrogen and oxygen atoms in total. The van der Waals surface area contributed by atoms with Crippen LogP contribution in [0.25, 0.3) is 16.9 Å². The summed E-state index contributed by atoms with van der Waals surface area (Å²) in [7, 11) is -3.31. The number of aromatic nitrogens is 2. The largest absolute Gasteiger partial charge is 0.508 e. The number of aromatic hydroxyl groups is 1. The Morgan fingerprint density at radius 3 is 2.39 bits per heavy atom. The van der Waals surface area contributed by atoms with Crippen molar-refractivity contribution in [1.82, 2.24) is 9.78 Å². The van der Waals surface area contributed by atoms with E-state index in [1.54, 1.807) is 41.1 Å². The molecule has 0 aliphatic heterocycles. The summed E-state index contributed by atoms with van der Waals surface area (Å²) < 4.78 is 30.7. The minimum atomic E-state index is -3.31. The lowest BCUT2D eigenvalue weighted by atomic mass is 10.1. The first-order valence-electron chi connectivity index (χ1n) is 9.28. The molecule has 31 heavy (non-hydrogen) atoms. The van der Waals surface area contributed by atoms with Gasteiger partial charge in [0.15, 0.2) is 9.84 Å². The van der Waals surface area contributed by atoms with E-state index in [0.29, 0.717) is 23.5 Å². The molecule has 0 amide bonds. The predicted octanol–water partition coefficient (Wildman–Crippen LogP) is 2.76. The van der Waals surface area contributed by atoms with Crippen LogP contribution in [0.4, 0.5) is 0 Å². The fraction of sp³-hybridized carbons (Fsp3) is 0.250. The maximum absolute atomic E-state index is 11.7. The Morgan fingerprint density at radius 2 is 1.77 bits per heavy atom. The molecule has 1 N–H and O–H groups in total. The maximum atomic E-state index is 11.7. The first kappa shape index (κ1) is 22.2. The van der Waals surface area contributed by atoms with E-state index >= 15 is 0 Å². The summed E-state index contributed by atoms with van der Waals surface area (Å²) in [5.41, 5.74) is 2.77. The number of hydrogen-bond donors (Lipinski definition) is 1. The van der Waals surface area contributed by atoms with Crippen LogP contribution in [0.2, 0.25) is 0 Å². The van der Waals surface area contributed by atoms with Crippen LogP contribution in [0.3, 0.4) is 0 Å². The molecule has 1 heterocycles.